The minimum absolute atomic E-state index is 0.457. The first-order valence-corrected chi connectivity index (χ1v) is 9.56. The predicted molar refractivity (Wildman–Crippen MR) is 93.6 cm³/mol. The highest BCUT2D eigenvalue weighted by Gasteiger charge is 2.38. The highest BCUT2D eigenvalue weighted by molar-refractivity contribution is 4.92. The van der Waals surface area contributed by atoms with Gasteiger partial charge in [-0.25, -0.2) is 0 Å². The van der Waals surface area contributed by atoms with Crippen molar-refractivity contribution in [1.29, 1.82) is 0 Å². The molecule has 2 atom stereocenters. The van der Waals surface area contributed by atoms with Crippen molar-refractivity contribution in [2.45, 2.75) is 98.4 Å². The fourth-order valence-electron chi connectivity index (χ4n) is 5.20. The molecule has 0 amide bonds. The van der Waals surface area contributed by atoms with Crippen LogP contribution in [0.1, 0.15) is 92.4 Å². The first-order valence-electron chi connectivity index (χ1n) is 9.56. The zero-order valence-corrected chi connectivity index (χ0v) is 15.3. The van der Waals surface area contributed by atoms with E-state index in [1.807, 2.05) is 0 Å². The van der Waals surface area contributed by atoms with Crippen molar-refractivity contribution in [3.63, 3.8) is 0 Å². The van der Waals surface area contributed by atoms with Crippen LogP contribution in [0.3, 0.4) is 0 Å². The summed E-state index contributed by atoms with van der Waals surface area (Å²) >= 11 is 0. The van der Waals surface area contributed by atoms with E-state index >= 15 is 0 Å². The molecule has 0 heterocycles. The van der Waals surface area contributed by atoms with E-state index in [2.05, 4.69) is 39.9 Å². The van der Waals surface area contributed by atoms with Gasteiger partial charge >= 0.3 is 0 Å². The molecule has 2 aliphatic carbocycles. The highest BCUT2D eigenvalue weighted by Crippen LogP contribution is 2.44. The lowest BCUT2D eigenvalue weighted by molar-refractivity contribution is 0.113. The second kappa shape index (κ2) is 7.02. The van der Waals surface area contributed by atoms with Crippen LogP contribution < -0.4 is 5.32 Å². The molecule has 2 unspecified atom stereocenters. The Morgan fingerprint density at radius 2 is 1.62 bits per heavy atom. The van der Waals surface area contributed by atoms with Gasteiger partial charge in [0.25, 0.3) is 0 Å². The summed E-state index contributed by atoms with van der Waals surface area (Å²) in [6.45, 7) is 13.4. The lowest BCUT2D eigenvalue weighted by Crippen LogP contribution is -2.47. The molecule has 0 aromatic carbocycles. The van der Waals surface area contributed by atoms with Crippen molar-refractivity contribution in [2.75, 3.05) is 6.54 Å². The van der Waals surface area contributed by atoms with Crippen LogP contribution in [-0.2, 0) is 0 Å². The lowest BCUT2D eigenvalue weighted by atomic mass is 9.69. The maximum Gasteiger partial charge on any atom is 0.0101 e. The van der Waals surface area contributed by atoms with Gasteiger partial charge in [0.1, 0.15) is 0 Å². The van der Waals surface area contributed by atoms with Gasteiger partial charge in [-0.2, -0.15) is 0 Å². The lowest BCUT2D eigenvalue weighted by Gasteiger charge is -2.43. The third kappa shape index (κ3) is 4.71. The molecule has 0 saturated heterocycles. The first-order chi connectivity index (χ1) is 9.82. The van der Waals surface area contributed by atoms with Gasteiger partial charge in [0.2, 0.25) is 0 Å². The van der Waals surface area contributed by atoms with E-state index in [1.165, 1.54) is 64.3 Å². The molecule has 0 spiro atoms. The molecule has 124 valence electrons. The smallest absolute Gasteiger partial charge is 0.0101 e. The van der Waals surface area contributed by atoms with E-state index in [0.29, 0.717) is 10.8 Å². The van der Waals surface area contributed by atoms with Gasteiger partial charge in [0, 0.05) is 12.6 Å². The Morgan fingerprint density at radius 3 is 2.19 bits per heavy atom. The zero-order valence-electron chi connectivity index (χ0n) is 15.3. The van der Waals surface area contributed by atoms with Crippen LogP contribution in [0.15, 0.2) is 0 Å². The van der Waals surface area contributed by atoms with Crippen molar-refractivity contribution < 1.29 is 0 Å². The molecule has 21 heavy (non-hydrogen) atoms. The van der Waals surface area contributed by atoms with E-state index in [9.17, 15) is 0 Å². The van der Waals surface area contributed by atoms with Crippen LogP contribution in [-0.4, -0.2) is 12.6 Å². The molecule has 2 rings (SSSR count). The number of rotatable bonds is 5. The second-order valence-electron chi connectivity index (χ2n) is 9.55. The monoisotopic (exact) mass is 293 g/mol. The Morgan fingerprint density at radius 1 is 1.00 bits per heavy atom. The SMILES string of the molecule is CC(C)CC1(CNC2CCCCC2C(C)(C)C)CCCC1. The Balaban J connectivity index is 1.95. The van der Waals surface area contributed by atoms with Crippen LogP contribution in [0.5, 0.6) is 0 Å². The average molecular weight is 294 g/mol. The fraction of sp³-hybridized carbons (Fsp3) is 1.00. The molecular formula is C20H39N. The van der Waals surface area contributed by atoms with Crippen molar-refractivity contribution in [2.24, 2.45) is 22.7 Å². The molecule has 2 saturated carbocycles. The van der Waals surface area contributed by atoms with Crippen molar-refractivity contribution in [3.8, 4) is 0 Å². The average Bonchev–Trinajstić information content (AvgIpc) is 2.84. The fourth-order valence-corrected chi connectivity index (χ4v) is 5.20. The third-order valence-corrected chi connectivity index (χ3v) is 6.12. The summed E-state index contributed by atoms with van der Waals surface area (Å²) in [5.74, 6) is 1.71. The standard InChI is InChI=1S/C20H39N/c1-16(2)14-20(12-8-9-13-20)15-21-18-11-7-6-10-17(18)19(3,4)5/h16-18,21H,6-15H2,1-5H3. The summed E-state index contributed by atoms with van der Waals surface area (Å²) in [6.07, 6.45) is 13.0. The van der Waals surface area contributed by atoms with Crippen LogP contribution in [0.25, 0.3) is 0 Å². The van der Waals surface area contributed by atoms with Gasteiger partial charge in [-0.05, 0) is 54.8 Å². The van der Waals surface area contributed by atoms with E-state index in [1.54, 1.807) is 0 Å². The van der Waals surface area contributed by atoms with Crippen LogP contribution in [0.4, 0.5) is 0 Å². The zero-order chi connectivity index (χ0) is 15.5. The summed E-state index contributed by atoms with van der Waals surface area (Å²) < 4.78 is 0. The summed E-state index contributed by atoms with van der Waals surface area (Å²) in [5, 5.41) is 4.07. The Bertz CT molecular complexity index is 306. The molecule has 0 aromatic rings. The molecule has 0 aromatic heterocycles. The minimum Gasteiger partial charge on any atom is -0.313 e. The van der Waals surface area contributed by atoms with E-state index < -0.39 is 0 Å². The van der Waals surface area contributed by atoms with Crippen molar-refractivity contribution >= 4 is 0 Å². The summed E-state index contributed by atoms with van der Waals surface area (Å²) in [7, 11) is 0. The number of hydrogen-bond donors (Lipinski definition) is 1. The van der Waals surface area contributed by atoms with Gasteiger partial charge in [-0.3, -0.25) is 0 Å². The summed E-state index contributed by atoms with van der Waals surface area (Å²) in [6, 6.07) is 0.767. The topological polar surface area (TPSA) is 12.0 Å². The molecular weight excluding hydrogens is 254 g/mol. The number of nitrogens with one attached hydrogen (secondary N) is 1. The molecule has 0 aliphatic heterocycles. The van der Waals surface area contributed by atoms with Gasteiger partial charge in [-0.1, -0.05) is 60.3 Å². The Labute approximate surface area is 133 Å². The largest absolute Gasteiger partial charge is 0.313 e. The molecule has 0 radical (unpaired) electrons. The Kier molecular flexibility index (Phi) is 5.79. The molecule has 1 N–H and O–H groups in total. The Hall–Kier alpha value is -0.0400. The van der Waals surface area contributed by atoms with Crippen molar-refractivity contribution in [3.05, 3.63) is 0 Å². The molecule has 0 bridgehead atoms. The third-order valence-electron chi connectivity index (χ3n) is 6.12. The van der Waals surface area contributed by atoms with E-state index in [-0.39, 0.29) is 0 Å². The molecule has 1 nitrogen and oxygen atoms in total. The molecule has 2 aliphatic rings. The maximum atomic E-state index is 4.07. The van der Waals surface area contributed by atoms with Crippen LogP contribution >= 0.6 is 0 Å². The van der Waals surface area contributed by atoms with Gasteiger partial charge in [-0.15, -0.1) is 0 Å². The normalized spacial score (nSPS) is 30.0. The summed E-state index contributed by atoms with van der Waals surface area (Å²) in [5.41, 5.74) is 1.08. The highest BCUT2D eigenvalue weighted by atomic mass is 14.9. The first kappa shape index (κ1) is 17.3. The summed E-state index contributed by atoms with van der Waals surface area (Å²) in [4.78, 5) is 0. The number of hydrogen-bond acceptors (Lipinski definition) is 1. The minimum atomic E-state index is 0.457. The van der Waals surface area contributed by atoms with Gasteiger partial charge < -0.3 is 5.32 Å². The quantitative estimate of drug-likeness (QED) is 0.676. The van der Waals surface area contributed by atoms with Crippen molar-refractivity contribution in [1.82, 2.24) is 5.32 Å². The van der Waals surface area contributed by atoms with E-state index in [4.69, 9.17) is 0 Å². The second-order valence-corrected chi connectivity index (χ2v) is 9.55. The van der Waals surface area contributed by atoms with Crippen LogP contribution in [0, 0.1) is 22.7 Å². The van der Waals surface area contributed by atoms with Gasteiger partial charge in [0.05, 0.1) is 0 Å². The molecule has 1 heteroatoms. The predicted octanol–water partition coefficient (Wildman–Crippen LogP) is 5.79. The van der Waals surface area contributed by atoms with Gasteiger partial charge in [0.15, 0.2) is 0 Å². The van der Waals surface area contributed by atoms with Crippen LogP contribution in [0.2, 0.25) is 0 Å². The maximum absolute atomic E-state index is 4.07. The van der Waals surface area contributed by atoms with E-state index in [0.717, 1.165) is 17.9 Å². The molecule has 2 fully saturated rings.